The van der Waals surface area contributed by atoms with Crippen LogP contribution >= 0.6 is 0 Å². The van der Waals surface area contributed by atoms with E-state index in [9.17, 15) is 22.8 Å². The Bertz CT molecular complexity index is 1410. The molecule has 2 aromatic heterocycles. The van der Waals surface area contributed by atoms with Gasteiger partial charge in [0.05, 0.1) is 35.0 Å². The summed E-state index contributed by atoms with van der Waals surface area (Å²) in [7, 11) is 0. The minimum Gasteiger partial charge on any atom is -0.467 e. The van der Waals surface area contributed by atoms with E-state index >= 15 is 0 Å². The Kier molecular flexibility index (Phi) is 4.96. The molecule has 0 saturated heterocycles. The third-order valence-corrected chi connectivity index (χ3v) is 5.76. The van der Waals surface area contributed by atoms with E-state index in [4.69, 9.17) is 9.15 Å². The van der Waals surface area contributed by atoms with Crippen LogP contribution in [0.25, 0.3) is 11.0 Å². The molecule has 1 aliphatic heterocycles. The summed E-state index contributed by atoms with van der Waals surface area (Å²) < 4.78 is 52.0. The number of ether oxygens (including phenoxy) is 1. The van der Waals surface area contributed by atoms with Crippen LogP contribution in [0.2, 0.25) is 0 Å². The highest BCUT2D eigenvalue weighted by Crippen LogP contribution is 2.33. The summed E-state index contributed by atoms with van der Waals surface area (Å²) in [6.45, 7) is 1.60. The first-order valence-corrected chi connectivity index (χ1v) is 10.4. The quantitative estimate of drug-likeness (QED) is 0.434. The van der Waals surface area contributed by atoms with Gasteiger partial charge >= 0.3 is 12.1 Å². The second-order valence-electron chi connectivity index (χ2n) is 8.21. The number of nitrogens with zero attached hydrogens (tertiary/aromatic N) is 2. The fraction of sp³-hybridized carbons (Fsp3) is 0.208. The van der Waals surface area contributed by atoms with E-state index in [1.165, 1.54) is 23.8 Å². The molecule has 5 rings (SSSR count). The van der Waals surface area contributed by atoms with E-state index in [1.807, 2.05) is 0 Å². The SMILES string of the molecule is CC1(C(=O)Nc2nc3cc(C(F)(F)F)ccc3n2Cc2ccco2)Cc2ccccc2C(=O)O1. The number of benzene rings is 2. The highest BCUT2D eigenvalue weighted by molar-refractivity contribution is 6.02. The highest BCUT2D eigenvalue weighted by atomic mass is 19.4. The number of cyclic esters (lactones) is 1. The van der Waals surface area contributed by atoms with Gasteiger partial charge in [-0.3, -0.25) is 10.1 Å². The molecule has 0 saturated carbocycles. The van der Waals surface area contributed by atoms with E-state index in [2.05, 4.69) is 10.3 Å². The van der Waals surface area contributed by atoms with Crippen molar-refractivity contribution in [1.82, 2.24) is 9.55 Å². The smallest absolute Gasteiger partial charge is 0.416 e. The lowest BCUT2D eigenvalue weighted by molar-refractivity contribution is -0.137. The monoisotopic (exact) mass is 469 g/mol. The molecule has 1 amide bonds. The molecule has 1 unspecified atom stereocenters. The number of hydrogen-bond acceptors (Lipinski definition) is 5. The maximum absolute atomic E-state index is 13.3. The number of hydrogen-bond donors (Lipinski definition) is 1. The third kappa shape index (κ3) is 3.81. The van der Waals surface area contributed by atoms with E-state index in [0.717, 1.165) is 12.1 Å². The molecule has 0 aliphatic carbocycles. The zero-order chi connectivity index (χ0) is 24.1. The fourth-order valence-electron chi connectivity index (χ4n) is 4.01. The van der Waals surface area contributed by atoms with Crippen LogP contribution in [0.3, 0.4) is 0 Å². The average molecular weight is 469 g/mol. The van der Waals surface area contributed by atoms with E-state index < -0.39 is 29.2 Å². The molecule has 1 aliphatic rings. The van der Waals surface area contributed by atoms with Crippen LogP contribution in [0.15, 0.2) is 65.3 Å². The van der Waals surface area contributed by atoms with Gasteiger partial charge in [0.2, 0.25) is 5.95 Å². The molecular formula is C24H18F3N3O4. The Morgan fingerprint density at radius 1 is 1.18 bits per heavy atom. The second-order valence-corrected chi connectivity index (χ2v) is 8.21. The fourth-order valence-corrected chi connectivity index (χ4v) is 4.01. The van der Waals surface area contributed by atoms with Crippen LogP contribution in [-0.2, 0) is 28.7 Å². The molecule has 174 valence electrons. The van der Waals surface area contributed by atoms with Crippen molar-refractivity contribution in [2.75, 3.05) is 5.32 Å². The first kappa shape index (κ1) is 21.7. The van der Waals surface area contributed by atoms with Gasteiger partial charge in [-0.15, -0.1) is 0 Å². The summed E-state index contributed by atoms with van der Waals surface area (Å²) in [5.41, 5.74) is -0.919. The van der Waals surface area contributed by atoms with Crippen molar-refractivity contribution in [1.29, 1.82) is 0 Å². The molecule has 0 spiro atoms. The summed E-state index contributed by atoms with van der Waals surface area (Å²) >= 11 is 0. The van der Waals surface area contributed by atoms with E-state index in [1.54, 1.807) is 36.4 Å². The zero-order valence-corrected chi connectivity index (χ0v) is 17.8. The molecule has 0 fully saturated rings. The van der Waals surface area contributed by atoms with Crippen LogP contribution < -0.4 is 5.32 Å². The molecule has 1 N–H and O–H groups in total. The number of nitrogens with one attached hydrogen (secondary N) is 1. The summed E-state index contributed by atoms with van der Waals surface area (Å²) in [6.07, 6.45) is -2.94. The molecular weight excluding hydrogens is 451 g/mol. The van der Waals surface area contributed by atoms with Gasteiger partial charge < -0.3 is 13.7 Å². The van der Waals surface area contributed by atoms with Gasteiger partial charge in [-0.2, -0.15) is 13.2 Å². The third-order valence-electron chi connectivity index (χ3n) is 5.76. The first-order valence-electron chi connectivity index (χ1n) is 10.4. The number of halogens is 3. The molecule has 1 atom stereocenters. The number of carbonyl (C=O) groups is 2. The van der Waals surface area contributed by atoms with Crippen molar-refractivity contribution in [3.05, 3.63) is 83.3 Å². The van der Waals surface area contributed by atoms with Crippen LogP contribution in [0, 0.1) is 0 Å². The number of amides is 1. The van der Waals surface area contributed by atoms with Gasteiger partial charge in [-0.05, 0) is 48.9 Å². The Hall–Kier alpha value is -4.08. The maximum atomic E-state index is 13.3. The Morgan fingerprint density at radius 3 is 2.71 bits per heavy atom. The number of fused-ring (bicyclic) bond motifs is 2. The summed E-state index contributed by atoms with van der Waals surface area (Å²) in [4.78, 5) is 30.0. The molecule has 7 nitrogen and oxygen atoms in total. The van der Waals surface area contributed by atoms with E-state index in [-0.39, 0.29) is 24.4 Å². The number of imidazole rings is 1. The van der Waals surface area contributed by atoms with Crippen molar-refractivity contribution >= 4 is 28.9 Å². The lowest BCUT2D eigenvalue weighted by Gasteiger charge is -2.32. The summed E-state index contributed by atoms with van der Waals surface area (Å²) in [6, 6.07) is 13.4. The molecule has 2 aromatic carbocycles. The lowest BCUT2D eigenvalue weighted by atomic mass is 9.89. The zero-order valence-electron chi connectivity index (χ0n) is 17.8. The molecule has 4 aromatic rings. The number of rotatable bonds is 4. The van der Waals surface area contributed by atoms with Crippen LogP contribution in [0.1, 0.15) is 34.2 Å². The molecule has 0 bridgehead atoms. The van der Waals surface area contributed by atoms with E-state index in [0.29, 0.717) is 22.4 Å². The van der Waals surface area contributed by atoms with Crippen LogP contribution in [0.4, 0.5) is 19.1 Å². The normalized spacial score (nSPS) is 17.9. The van der Waals surface area contributed by atoms with Crippen molar-refractivity contribution in [2.24, 2.45) is 0 Å². The number of alkyl halides is 3. The minimum absolute atomic E-state index is 0.00635. The van der Waals surface area contributed by atoms with Gasteiger partial charge in [0, 0.05) is 6.42 Å². The number of esters is 1. The summed E-state index contributed by atoms with van der Waals surface area (Å²) in [5.74, 6) is -0.758. The largest absolute Gasteiger partial charge is 0.467 e. The van der Waals surface area contributed by atoms with Gasteiger partial charge in [0.25, 0.3) is 5.91 Å². The molecule has 3 heterocycles. The van der Waals surface area contributed by atoms with Gasteiger partial charge in [-0.1, -0.05) is 18.2 Å². The minimum atomic E-state index is -4.54. The predicted molar refractivity (Wildman–Crippen MR) is 115 cm³/mol. The highest BCUT2D eigenvalue weighted by Gasteiger charge is 2.43. The Balaban J connectivity index is 1.52. The van der Waals surface area contributed by atoms with Gasteiger partial charge in [0.15, 0.2) is 5.60 Å². The predicted octanol–water partition coefficient (Wildman–Crippen LogP) is 4.81. The Labute approximate surface area is 191 Å². The molecule has 10 heteroatoms. The van der Waals surface area contributed by atoms with Gasteiger partial charge in [0.1, 0.15) is 5.76 Å². The maximum Gasteiger partial charge on any atom is 0.416 e. The van der Waals surface area contributed by atoms with Crippen molar-refractivity contribution in [3.63, 3.8) is 0 Å². The number of anilines is 1. The first-order chi connectivity index (χ1) is 16.1. The number of carbonyl (C=O) groups excluding carboxylic acids is 2. The molecule has 34 heavy (non-hydrogen) atoms. The Morgan fingerprint density at radius 2 is 1.97 bits per heavy atom. The van der Waals surface area contributed by atoms with Gasteiger partial charge in [-0.25, -0.2) is 9.78 Å². The van der Waals surface area contributed by atoms with Crippen LogP contribution in [-0.4, -0.2) is 27.0 Å². The lowest BCUT2D eigenvalue weighted by Crippen LogP contribution is -2.49. The second kappa shape index (κ2) is 7.75. The van der Waals surface area contributed by atoms with Crippen molar-refractivity contribution < 1.29 is 31.9 Å². The standard InChI is InChI=1S/C24H18F3N3O4/c1-23(12-14-5-2-3-7-17(14)20(31)34-23)21(32)29-22-28-18-11-15(24(25,26)27)8-9-19(18)30(22)13-16-6-4-10-33-16/h2-11H,12-13H2,1H3,(H,28,29,32). The van der Waals surface area contributed by atoms with Crippen molar-refractivity contribution in [3.8, 4) is 0 Å². The average Bonchev–Trinajstić information content (AvgIpc) is 3.41. The number of furan rings is 1. The van der Waals surface area contributed by atoms with Crippen LogP contribution in [0.5, 0.6) is 0 Å². The van der Waals surface area contributed by atoms with Crippen molar-refractivity contribution in [2.45, 2.75) is 31.7 Å². The summed E-state index contributed by atoms with van der Waals surface area (Å²) in [5, 5.41) is 2.64. The topological polar surface area (TPSA) is 86.4 Å². The molecule has 0 radical (unpaired) electrons. The number of aromatic nitrogens is 2.